The Morgan fingerprint density at radius 3 is 2.32 bits per heavy atom. The van der Waals surface area contributed by atoms with Crippen LogP contribution in [0.3, 0.4) is 0 Å². The molecule has 0 bridgehead atoms. The molecule has 1 aliphatic rings. The van der Waals surface area contributed by atoms with Gasteiger partial charge in [0.2, 0.25) is 0 Å². The maximum Gasteiger partial charge on any atom is 0.251 e. The highest BCUT2D eigenvalue weighted by Crippen LogP contribution is 2.41. The summed E-state index contributed by atoms with van der Waals surface area (Å²) in [5, 5.41) is 12.6. The van der Waals surface area contributed by atoms with Gasteiger partial charge in [-0.05, 0) is 60.7 Å². The molecule has 1 atom stereocenters. The summed E-state index contributed by atoms with van der Waals surface area (Å²) in [7, 11) is 0. The van der Waals surface area contributed by atoms with E-state index in [1.165, 1.54) is 0 Å². The number of halogens is 1. The van der Waals surface area contributed by atoms with Gasteiger partial charge in [0.05, 0.1) is 17.7 Å². The van der Waals surface area contributed by atoms with E-state index in [1.54, 1.807) is 24.3 Å². The first-order valence-corrected chi connectivity index (χ1v) is 7.61. The number of nitriles is 1. The number of hydrogen-bond donors (Lipinski definition) is 1. The minimum atomic E-state index is -0.115. The fourth-order valence-electron chi connectivity index (χ4n) is 2.49. The van der Waals surface area contributed by atoms with E-state index in [2.05, 4.69) is 5.32 Å². The molecule has 4 heteroatoms. The Labute approximate surface area is 134 Å². The number of carbonyl (C=O) groups excluding carboxylic acids is 1. The summed E-state index contributed by atoms with van der Waals surface area (Å²) in [4.78, 5) is 12.4. The van der Waals surface area contributed by atoms with Gasteiger partial charge in [-0.15, -0.1) is 0 Å². The van der Waals surface area contributed by atoms with E-state index < -0.39 is 0 Å². The summed E-state index contributed by atoms with van der Waals surface area (Å²) in [5.41, 5.74) is 2.19. The molecule has 1 aliphatic carbocycles. The van der Waals surface area contributed by atoms with Gasteiger partial charge in [0, 0.05) is 10.6 Å². The molecule has 1 amide bonds. The molecule has 0 aromatic heterocycles. The molecule has 3 nitrogen and oxygen atoms in total. The lowest BCUT2D eigenvalue weighted by Crippen LogP contribution is -2.29. The first-order valence-electron chi connectivity index (χ1n) is 7.24. The highest BCUT2D eigenvalue weighted by molar-refractivity contribution is 6.30. The van der Waals surface area contributed by atoms with Crippen LogP contribution in [0.4, 0.5) is 0 Å². The van der Waals surface area contributed by atoms with Gasteiger partial charge in [-0.1, -0.05) is 23.7 Å². The monoisotopic (exact) mass is 310 g/mol. The third kappa shape index (κ3) is 3.29. The van der Waals surface area contributed by atoms with Gasteiger partial charge in [-0.3, -0.25) is 4.79 Å². The molecule has 22 heavy (non-hydrogen) atoms. The smallest absolute Gasteiger partial charge is 0.251 e. The topological polar surface area (TPSA) is 52.9 Å². The summed E-state index contributed by atoms with van der Waals surface area (Å²) in [6, 6.07) is 16.4. The van der Waals surface area contributed by atoms with Crippen molar-refractivity contribution in [2.75, 3.05) is 0 Å². The summed E-state index contributed by atoms with van der Waals surface area (Å²) >= 11 is 5.93. The van der Waals surface area contributed by atoms with Gasteiger partial charge < -0.3 is 5.32 Å². The van der Waals surface area contributed by atoms with Crippen molar-refractivity contribution in [1.82, 2.24) is 5.32 Å². The van der Waals surface area contributed by atoms with E-state index in [9.17, 15) is 4.79 Å². The summed E-state index contributed by atoms with van der Waals surface area (Å²) in [5.74, 6) is 0.375. The van der Waals surface area contributed by atoms with E-state index in [4.69, 9.17) is 16.9 Å². The molecule has 3 rings (SSSR count). The van der Waals surface area contributed by atoms with Crippen molar-refractivity contribution in [3.05, 3.63) is 70.2 Å². The molecule has 1 fully saturated rings. The second-order valence-corrected chi connectivity index (χ2v) is 5.97. The standard InChI is InChI=1S/C18H15ClN2O/c19-16-9-7-14(8-10-16)17(13-5-6-13)21-18(22)15-3-1-12(11-20)2-4-15/h1-4,7-10,13,17H,5-6H2,(H,21,22). The highest BCUT2D eigenvalue weighted by Gasteiger charge is 2.33. The summed E-state index contributed by atoms with van der Waals surface area (Å²) in [6.45, 7) is 0. The Bertz CT molecular complexity index is 712. The van der Waals surface area contributed by atoms with Crippen molar-refractivity contribution in [1.29, 1.82) is 5.26 Å². The Hall–Kier alpha value is -2.31. The second-order valence-electron chi connectivity index (χ2n) is 5.53. The van der Waals surface area contributed by atoms with Crippen LogP contribution in [0.25, 0.3) is 0 Å². The molecule has 1 N–H and O–H groups in total. The van der Waals surface area contributed by atoms with Crippen LogP contribution in [0.1, 0.15) is 40.4 Å². The SMILES string of the molecule is N#Cc1ccc(C(=O)NC(c2ccc(Cl)cc2)C2CC2)cc1. The molecule has 0 aliphatic heterocycles. The Morgan fingerprint density at radius 2 is 1.77 bits per heavy atom. The molecule has 0 saturated heterocycles. The van der Waals surface area contributed by atoms with Crippen LogP contribution < -0.4 is 5.32 Å². The number of amides is 1. The van der Waals surface area contributed by atoms with Crippen LogP contribution in [-0.2, 0) is 0 Å². The molecule has 0 radical (unpaired) electrons. The maximum absolute atomic E-state index is 12.4. The van der Waals surface area contributed by atoms with E-state index in [0.29, 0.717) is 22.1 Å². The first-order chi connectivity index (χ1) is 10.7. The van der Waals surface area contributed by atoms with Crippen LogP contribution in [0, 0.1) is 17.2 Å². The van der Waals surface area contributed by atoms with Crippen molar-refractivity contribution in [2.45, 2.75) is 18.9 Å². The largest absolute Gasteiger partial charge is 0.345 e. The summed E-state index contributed by atoms with van der Waals surface area (Å²) < 4.78 is 0. The molecule has 110 valence electrons. The van der Waals surface area contributed by atoms with Crippen molar-refractivity contribution < 1.29 is 4.79 Å². The average Bonchev–Trinajstić information content (AvgIpc) is 3.38. The number of nitrogens with zero attached hydrogens (tertiary/aromatic N) is 1. The van der Waals surface area contributed by atoms with Crippen LogP contribution in [0.15, 0.2) is 48.5 Å². The van der Waals surface area contributed by atoms with E-state index >= 15 is 0 Å². The third-order valence-electron chi connectivity index (χ3n) is 3.89. The minimum Gasteiger partial charge on any atom is -0.345 e. The predicted octanol–water partition coefficient (Wildman–Crippen LogP) is 4.09. The van der Waals surface area contributed by atoms with Gasteiger partial charge in [0.25, 0.3) is 5.91 Å². The maximum atomic E-state index is 12.4. The lowest BCUT2D eigenvalue weighted by molar-refractivity contribution is 0.0931. The quantitative estimate of drug-likeness (QED) is 0.924. The highest BCUT2D eigenvalue weighted by atomic mass is 35.5. The Balaban J connectivity index is 1.77. The first kappa shape index (κ1) is 14.6. The number of nitrogens with one attached hydrogen (secondary N) is 1. The van der Waals surface area contributed by atoms with E-state index in [0.717, 1.165) is 18.4 Å². The van der Waals surface area contributed by atoms with Gasteiger partial charge in [0.15, 0.2) is 0 Å². The van der Waals surface area contributed by atoms with Crippen LogP contribution in [0.5, 0.6) is 0 Å². The van der Waals surface area contributed by atoms with Crippen molar-refractivity contribution in [3.8, 4) is 6.07 Å². The van der Waals surface area contributed by atoms with Crippen LogP contribution in [0.2, 0.25) is 5.02 Å². The van der Waals surface area contributed by atoms with Gasteiger partial charge in [-0.25, -0.2) is 0 Å². The normalized spacial score (nSPS) is 14.9. The lowest BCUT2D eigenvalue weighted by Gasteiger charge is -2.19. The van der Waals surface area contributed by atoms with Crippen molar-refractivity contribution >= 4 is 17.5 Å². The van der Waals surface area contributed by atoms with Gasteiger partial charge >= 0.3 is 0 Å². The minimum absolute atomic E-state index is 0.0143. The zero-order valence-corrected chi connectivity index (χ0v) is 12.7. The zero-order chi connectivity index (χ0) is 15.5. The van der Waals surface area contributed by atoms with E-state index in [-0.39, 0.29) is 11.9 Å². The molecule has 1 unspecified atom stereocenters. The van der Waals surface area contributed by atoms with Crippen LogP contribution in [-0.4, -0.2) is 5.91 Å². The van der Waals surface area contributed by atoms with Crippen molar-refractivity contribution in [3.63, 3.8) is 0 Å². The molecular formula is C18H15ClN2O. The molecule has 2 aromatic carbocycles. The second kappa shape index (κ2) is 6.21. The predicted molar refractivity (Wildman–Crippen MR) is 85.5 cm³/mol. The molecule has 2 aromatic rings. The Kier molecular flexibility index (Phi) is 4.13. The molecule has 1 saturated carbocycles. The number of rotatable bonds is 4. The lowest BCUT2D eigenvalue weighted by atomic mass is 10.0. The molecule has 0 heterocycles. The van der Waals surface area contributed by atoms with Crippen LogP contribution >= 0.6 is 11.6 Å². The van der Waals surface area contributed by atoms with Crippen molar-refractivity contribution in [2.24, 2.45) is 5.92 Å². The number of carbonyl (C=O) groups is 1. The number of hydrogen-bond acceptors (Lipinski definition) is 2. The average molecular weight is 311 g/mol. The molecule has 0 spiro atoms. The van der Waals surface area contributed by atoms with Gasteiger partial charge in [0.1, 0.15) is 0 Å². The fourth-order valence-corrected chi connectivity index (χ4v) is 2.62. The fraction of sp³-hybridized carbons (Fsp3) is 0.222. The van der Waals surface area contributed by atoms with Gasteiger partial charge in [-0.2, -0.15) is 5.26 Å². The zero-order valence-electron chi connectivity index (χ0n) is 11.9. The number of benzene rings is 2. The summed E-state index contributed by atoms with van der Waals surface area (Å²) in [6.07, 6.45) is 2.25. The Morgan fingerprint density at radius 1 is 1.14 bits per heavy atom. The molecular weight excluding hydrogens is 296 g/mol. The van der Waals surface area contributed by atoms with E-state index in [1.807, 2.05) is 30.3 Å². The third-order valence-corrected chi connectivity index (χ3v) is 4.14.